The Kier molecular flexibility index (Phi) is 6.94. The molecule has 0 radical (unpaired) electrons. The summed E-state index contributed by atoms with van der Waals surface area (Å²) in [6, 6.07) is 15.1. The molecule has 2 aromatic rings. The fraction of sp³-hybridized carbons (Fsp3) is 0.478. The van der Waals surface area contributed by atoms with Gasteiger partial charge in [0.15, 0.2) is 0 Å². The monoisotopic (exact) mass is 423 g/mol. The summed E-state index contributed by atoms with van der Waals surface area (Å²) in [6.45, 7) is 6.52. The third-order valence-electron chi connectivity index (χ3n) is 6.44. The Balaban J connectivity index is 1.23. The first kappa shape index (κ1) is 21.2. The van der Waals surface area contributed by atoms with Crippen molar-refractivity contribution in [2.24, 2.45) is 0 Å². The van der Waals surface area contributed by atoms with E-state index in [1.807, 2.05) is 18.2 Å². The molecule has 2 atom stereocenters. The minimum absolute atomic E-state index is 0.147. The molecule has 7 heteroatoms. The average Bonchev–Trinajstić information content (AvgIpc) is 3.47. The van der Waals surface area contributed by atoms with Crippen LogP contribution in [0.25, 0.3) is 0 Å². The molecule has 3 heterocycles. The van der Waals surface area contributed by atoms with Crippen molar-refractivity contribution in [2.75, 3.05) is 13.1 Å². The number of piperidine rings is 1. The normalized spacial score (nSPS) is 24.6. The van der Waals surface area contributed by atoms with Gasteiger partial charge in [0.1, 0.15) is 0 Å². The van der Waals surface area contributed by atoms with Crippen molar-refractivity contribution in [1.29, 1.82) is 0 Å². The van der Waals surface area contributed by atoms with Crippen molar-refractivity contribution in [2.45, 2.75) is 56.1 Å². The Hall–Kier alpha value is -2.06. The van der Waals surface area contributed by atoms with Crippen molar-refractivity contribution < 1.29 is 4.79 Å². The Morgan fingerprint density at radius 3 is 2.43 bits per heavy atom. The van der Waals surface area contributed by atoms with Crippen LogP contribution in [-0.2, 0) is 24.4 Å². The van der Waals surface area contributed by atoms with E-state index in [2.05, 4.69) is 57.4 Å². The van der Waals surface area contributed by atoms with E-state index in [0.29, 0.717) is 24.7 Å². The topological polar surface area (TPSA) is 78.1 Å². The molecule has 30 heavy (non-hydrogen) atoms. The maximum Gasteiger partial charge on any atom is 0.236 e. The predicted octanol–water partition coefficient (Wildman–Crippen LogP) is 1.02. The molecule has 1 aromatic carbocycles. The van der Waals surface area contributed by atoms with Crippen molar-refractivity contribution in [3.8, 4) is 0 Å². The van der Waals surface area contributed by atoms with Crippen LogP contribution < -0.4 is 21.3 Å². The first-order valence-corrected chi connectivity index (χ1v) is 12.6. The quantitative estimate of drug-likeness (QED) is 0.453. The molecule has 160 valence electrons. The highest BCUT2D eigenvalue weighted by molar-refractivity contribution is 6.64. The van der Waals surface area contributed by atoms with Crippen LogP contribution in [0.2, 0.25) is 5.54 Å². The molecule has 6 nitrogen and oxygen atoms in total. The van der Waals surface area contributed by atoms with E-state index < -0.39 is 9.52 Å². The lowest BCUT2D eigenvalue weighted by Crippen LogP contribution is -2.48. The maximum atomic E-state index is 12.9. The zero-order chi connectivity index (χ0) is 20.8. The van der Waals surface area contributed by atoms with E-state index in [-0.39, 0.29) is 11.1 Å². The van der Waals surface area contributed by atoms with E-state index in [9.17, 15) is 4.79 Å². The van der Waals surface area contributed by atoms with Gasteiger partial charge in [-0.1, -0.05) is 37.3 Å². The Bertz CT molecular complexity index is 825. The highest BCUT2D eigenvalue weighted by Gasteiger charge is 2.57. The Labute approximate surface area is 181 Å². The highest BCUT2D eigenvalue weighted by Crippen LogP contribution is 2.39. The largest absolute Gasteiger partial charge is 0.351 e. The van der Waals surface area contributed by atoms with Gasteiger partial charge in [0.2, 0.25) is 5.91 Å². The van der Waals surface area contributed by atoms with Crippen LogP contribution >= 0.6 is 0 Å². The van der Waals surface area contributed by atoms with E-state index in [1.54, 1.807) is 6.20 Å². The lowest BCUT2D eigenvalue weighted by molar-refractivity contribution is -0.123. The van der Waals surface area contributed by atoms with Crippen LogP contribution in [0.15, 0.2) is 48.7 Å². The number of hydrogen-bond acceptors (Lipinski definition) is 5. The number of nitrogens with zero attached hydrogens (tertiary/aromatic N) is 1. The van der Waals surface area contributed by atoms with Gasteiger partial charge >= 0.3 is 0 Å². The fourth-order valence-electron chi connectivity index (χ4n) is 4.22. The van der Waals surface area contributed by atoms with Crippen LogP contribution in [0.1, 0.15) is 36.6 Å². The van der Waals surface area contributed by atoms with Crippen LogP contribution in [0.3, 0.4) is 0 Å². The predicted molar refractivity (Wildman–Crippen MR) is 123 cm³/mol. The van der Waals surface area contributed by atoms with Gasteiger partial charge in [0.05, 0.1) is 20.4 Å². The molecule has 2 aliphatic rings. The third kappa shape index (κ3) is 5.34. The first-order valence-electron chi connectivity index (χ1n) is 11.1. The fourth-order valence-corrected chi connectivity index (χ4v) is 5.98. The zero-order valence-corrected chi connectivity index (χ0v) is 19.2. The second-order valence-electron chi connectivity index (χ2n) is 8.66. The molecule has 2 saturated heterocycles. The van der Waals surface area contributed by atoms with Crippen molar-refractivity contribution in [3.63, 3.8) is 0 Å². The molecule has 1 aromatic heterocycles. The number of carbonyl (C=O) groups excluding carboxylic acids is 1. The minimum atomic E-state index is -0.452. The van der Waals surface area contributed by atoms with Gasteiger partial charge in [-0.05, 0) is 54.7 Å². The Morgan fingerprint density at radius 1 is 1.10 bits per heavy atom. The van der Waals surface area contributed by atoms with Gasteiger partial charge in [0, 0.05) is 31.9 Å². The lowest BCUT2D eigenvalue weighted by Gasteiger charge is -2.23. The number of nitrogens with one attached hydrogen (secondary N) is 4. The third-order valence-corrected chi connectivity index (χ3v) is 9.05. The van der Waals surface area contributed by atoms with E-state index in [1.165, 1.54) is 18.4 Å². The zero-order valence-electron chi connectivity index (χ0n) is 17.8. The summed E-state index contributed by atoms with van der Waals surface area (Å²) >= 11 is 0. The van der Waals surface area contributed by atoms with Crippen molar-refractivity contribution >= 4 is 15.4 Å². The second-order valence-corrected chi connectivity index (χ2v) is 11.4. The smallest absolute Gasteiger partial charge is 0.236 e. The molecule has 0 spiro atoms. The molecule has 2 aliphatic heterocycles. The molecular formula is C23H33N5OSi. The number of pyridine rings is 1. The molecular weight excluding hydrogens is 390 g/mol. The van der Waals surface area contributed by atoms with Gasteiger partial charge in [0.25, 0.3) is 0 Å². The summed E-state index contributed by atoms with van der Waals surface area (Å²) in [5.74, 6) is 0.147. The first-order chi connectivity index (χ1) is 14.7. The summed E-state index contributed by atoms with van der Waals surface area (Å²) in [4.78, 5) is 17.3. The Morgan fingerprint density at radius 2 is 1.80 bits per heavy atom. The molecule has 4 N–H and O–H groups in total. The molecule has 4 rings (SSSR count). The summed E-state index contributed by atoms with van der Waals surface area (Å²) in [5, 5.41) is 13.4. The van der Waals surface area contributed by atoms with Gasteiger partial charge in [-0.15, -0.1) is 0 Å². The summed E-state index contributed by atoms with van der Waals surface area (Å²) < 4.78 is 0. The molecule has 2 fully saturated rings. The number of rotatable bonds is 9. The van der Waals surface area contributed by atoms with Crippen LogP contribution in [0.4, 0.5) is 0 Å². The SMILES string of the molecule is CC1[SiH2][C@]1(NCc1ccccn1)C(=O)NCc1ccc(CNC2CCNCC2)cc1. The van der Waals surface area contributed by atoms with Crippen molar-refractivity contribution in [1.82, 2.24) is 26.3 Å². The minimum Gasteiger partial charge on any atom is -0.351 e. The number of amides is 1. The maximum absolute atomic E-state index is 12.9. The van der Waals surface area contributed by atoms with Gasteiger partial charge < -0.3 is 21.3 Å². The van der Waals surface area contributed by atoms with E-state index in [0.717, 1.165) is 30.9 Å². The summed E-state index contributed by atoms with van der Waals surface area (Å²) in [5.41, 5.74) is 3.89. The van der Waals surface area contributed by atoms with Crippen molar-refractivity contribution in [3.05, 3.63) is 65.5 Å². The standard InChI is InChI=1S/C23H33N5OSi/c1-17-23(30-17,28-16-21-4-2-3-11-25-21)22(29)27-15-19-7-5-18(6-8-19)14-26-20-9-12-24-13-10-20/h2-8,11,17,20,24,26,28H,9-10,12-16,30H2,1H3,(H,27,29)/t17?,23-/m0/s1. The molecule has 1 amide bonds. The number of benzene rings is 1. The number of aromatic nitrogens is 1. The summed E-state index contributed by atoms with van der Waals surface area (Å²) in [6.07, 6.45) is 4.19. The summed E-state index contributed by atoms with van der Waals surface area (Å²) in [7, 11) is -0.452. The van der Waals surface area contributed by atoms with Crippen LogP contribution in [0.5, 0.6) is 0 Å². The lowest BCUT2D eigenvalue weighted by atomic mass is 10.1. The van der Waals surface area contributed by atoms with Gasteiger partial charge in [-0.2, -0.15) is 0 Å². The van der Waals surface area contributed by atoms with E-state index in [4.69, 9.17) is 0 Å². The molecule has 0 saturated carbocycles. The second kappa shape index (κ2) is 9.83. The van der Waals surface area contributed by atoms with E-state index >= 15 is 0 Å². The highest BCUT2D eigenvalue weighted by atomic mass is 28.2. The van der Waals surface area contributed by atoms with Crippen LogP contribution in [-0.4, -0.2) is 44.7 Å². The molecule has 1 unspecified atom stereocenters. The van der Waals surface area contributed by atoms with Crippen LogP contribution in [0, 0.1) is 0 Å². The molecule has 0 bridgehead atoms. The van der Waals surface area contributed by atoms with Gasteiger partial charge in [-0.25, -0.2) is 0 Å². The average molecular weight is 424 g/mol. The molecule has 0 aliphatic carbocycles. The number of carbonyl (C=O) groups is 1. The van der Waals surface area contributed by atoms with Gasteiger partial charge in [-0.3, -0.25) is 9.78 Å². The number of hydrogen-bond donors (Lipinski definition) is 4.